The molecule has 4 rings (SSSR count). The van der Waals surface area contributed by atoms with Crippen LogP contribution in [0, 0.1) is 12.8 Å². The van der Waals surface area contributed by atoms with Crippen molar-refractivity contribution < 1.29 is 18.0 Å². The summed E-state index contributed by atoms with van der Waals surface area (Å²) in [6, 6.07) is 24.0. The molecule has 1 aliphatic rings. The number of nitrogens with one attached hydrogen (secondary N) is 1. The fourth-order valence-corrected chi connectivity index (χ4v) is 7.49. The fourth-order valence-electron chi connectivity index (χ4n) is 5.81. The zero-order chi connectivity index (χ0) is 33.0. The van der Waals surface area contributed by atoms with Crippen molar-refractivity contribution in [1.29, 1.82) is 0 Å². The van der Waals surface area contributed by atoms with Crippen LogP contribution in [0.1, 0.15) is 55.4 Å². The molecule has 0 aromatic heterocycles. The van der Waals surface area contributed by atoms with E-state index >= 15 is 0 Å². The van der Waals surface area contributed by atoms with Gasteiger partial charge in [-0.25, -0.2) is 8.42 Å². The summed E-state index contributed by atoms with van der Waals surface area (Å²) in [7, 11) is -3.33. The van der Waals surface area contributed by atoms with Crippen molar-refractivity contribution >= 4 is 33.3 Å². The molecule has 7 nitrogen and oxygen atoms in total. The highest BCUT2D eigenvalue weighted by Crippen LogP contribution is 2.38. The quantitative estimate of drug-likeness (QED) is 0.266. The number of rotatable bonds is 12. The van der Waals surface area contributed by atoms with Gasteiger partial charge in [-0.3, -0.25) is 9.59 Å². The highest BCUT2D eigenvalue weighted by molar-refractivity contribution is 7.92. The van der Waals surface area contributed by atoms with Gasteiger partial charge in [0.05, 0.1) is 11.0 Å². The number of carbonyl (C=O) groups excluding carboxylic acids is 2. The molecular weight excluding hydrogens is 606 g/mol. The van der Waals surface area contributed by atoms with Gasteiger partial charge in [0.15, 0.2) is 9.84 Å². The molecule has 0 saturated carbocycles. The van der Waals surface area contributed by atoms with Crippen LogP contribution < -0.4 is 11.1 Å². The van der Waals surface area contributed by atoms with Crippen LogP contribution in [0.2, 0.25) is 5.02 Å². The molecule has 1 fully saturated rings. The second kappa shape index (κ2) is 16.6. The topological polar surface area (TPSA) is 110 Å². The number of nitrogens with two attached hydrogens (primary N) is 1. The Balaban J connectivity index is 0.00000271. The van der Waals surface area contributed by atoms with E-state index in [1.807, 2.05) is 66.7 Å². The maximum absolute atomic E-state index is 14.0. The van der Waals surface area contributed by atoms with Gasteiger partial charge in [-0.15, -0.1) is 12.8 Å². The van der Waals surface area contributed by atoms with E-state index in [4.69, 9.17) is 17.3 Å². The van der Waals surface area contributed by atoms with Crippen molar-refractivity contribution in [2.45, 2.75) is 69.2 Å². The first-order valence-electron chi connectivity index (χ1n) is 15.2. The number of hydrogen-bond donors (Lipinski definition) is 2. The Morgan fingerprint density at radius 1 is 0.933 bits per heavy atom. The van der Waals surface area contributed by atoms with Gasteiger partial charge >= 0.3 is 0 Å². The van der Waals surface area contributed by atoms with Gasteiger partial charge in [-0.05, 0) is 67.5 Å². The number of aryl methyl sites for hydroxylation is 1. The lowest BCUT2D eigenvalue weighted by atomic mass is 9.74. The highest BCUT2D eigenvalue weighted by atomic mass is 35.5. The molecule has 3 N–H and O–H groups in total. The minimum atomic E-state index is -3.33. The molecule has 1 aliphatic heterocycles. The molecule has 0 radical (unpaired) electrons. The number of terminal acetylenes is 1. The van der Waals surface area contributed by atoms with Gasteiger partial charge in [-0.2, -0.15) is 0 Å². The Bertz CT molecular complexity index is 1530. The SMILES string of the molecule is C#C.CC(C)S(=O)(=O)CC1(c2ccccc2)CCN(C(=O)[C@@H](Cc2ccc(Cl)cc2)NC(=O)CCc2ccccc2CN)CC1. The Labute approximate surface area is 273 Å². The summed E-state index contributed by atoms with van der Waals surface area (Å²) in [4.78, 5) is 28.9. The molecule has 3 aromatic rings. The van der Waals surface area contributed by atoms with Crippen LogP contribution >= 0.6 is 11.6 Å². The third kappa shape index (κ3) is 9.67. The Kier molecular flexibility index (Phi) is 13.2. The number of nitrogens with zero attached hydrogens (tertiary/aromatic N) is 1. The maximum Gasteiger partial charge on any atom is 0.245 e. The molecule has 1 atom stereocenters. The van der Waals surface area contributed by atoms with Gasteiger partial charge in [0.25, 0.3) is 0 Å². The van der Waals surface area contributed by atoms with Crippen LogP contribution in [0.15, 0.2) is 78.9 Å². The van der Waals surface area contributed by atoms with Crippen molar-refractivity contribution in [3.05, 3.63) is 106 Å². The minimum Gasteiger partial charge on any atom is -0.344 e. The van der Waals surface area contributed by atoms with Crippen LogP contribution in [0.3, 0.4) is 0 Å². The van der Waals surface area contributed by atoms with E-state index in [0.717, 1.165) is 22.3 Å². The number of benzene rings is 3. The third-order valence-corrected chi connectivity index (χ3v) is 11.2. The molecule has 9 heteroatoms. The molecule has 0 aliphatic carbocycles. The van der Waals surface area contributed by atoms with E-state index in [0.29, 0.717) is 50.3 Å². The maximum atomic E-state index is 14.0. The number of sulfone groups is 1. The zero-order valence-corrected chi connectivity index (χ0v) is 27.7. The summed E-state index contributed by atoms with van der Waals surface area (Å²) in [6.45, 7) is 4.63. The second-order valence-electron chi connectivity index (χ2n) is 11.8. The van der Waals surface area contributed by atoms with Crippen molar-refractivity contribution in [2.75, 3.05) is 18.8 Å². The minimum absolute atomic E-state index is 0.0406. The standard InChI is InChI=1S/C34H42ClN3O4S.C2H2/c1-25(2)43(41,42)24-34(29-10-4-3-5-11-29)18-20-38(21-19-34)33(40)31(22-26-12-15-30(35)16-13-26)37-32(39)17-14-27-8-6-7-9-28(27)23-36;1-2/h3-13,15-16,25,31H,14,17-24,36H2,1-2H3,(H,37,39);1-2H/t31-;/m1./s1. The molecule has 0 spiro atoms. The molecule has 1 saturated heterocycles. The summed E-state index contributed by atoms with van der Waals surface area (Å²) in [5.41, 5.74) is 9.17. The van der Waals surface area contributed by atoms with Crippen molar-refractivity contribution in [1.82, 2.24) is 10.2 Å². The van der Waals surface area contributed by atoms with E-state index in [1.165, 1.54) is 0 Å². The first-order chi connectivity index (χ1) is 21.5. The largest absolute Gasteiger partial charge is 0.344 e. The van der Waals surface area contributed by atoms with E-state index in [-0.39, 0.29) is 24.0 Å². The Morgan fingerprint density at radius 2 is 1.51 bits per heavy atom. The van der Waals surface area contributed by atoms with Crippen LogP contribution in [0.25, 0.3) is 0 Å². The van der Waals surface area contributed by atoms with Gasteiger partial charge in [0.2, 0.25) is 11.8 Å². The van der Waals surface area contributed by atoms with Crippen molar-refractivity contribution in [3.8, 4) is 12.8 Å². The first kappa shape index (κ1) is 35.8. The van der Waals surface area contributed by atoms with Crippen molar-refractivity contribution in [2.24, 2.45) is 5.73 Å². The first-order valence-corrected chi connectivity index (χ1v) is 17.3. The van der Waals surface area contributed by atoms with Crippen LogP contribution in [-0.2, 0) is 44.2 Å². The molecule has 1 heterocycles. The molecular formula is C36H44ClN3O4S. The lowest BCUT2D eigenvalue weighted by Gasteiger charge is -2.43. The predicted octanol–water partition coefficient (Wildman–Crippen LogP) is 5.09. The van der Waals surface area contributed by atoms with Crippen LogP contribution in [0.5, 0.6) is 0 Å². The smallest absolute Gasteiger partial charge is 0.245 e. The molecule has 0 unspecified atom stereocenters. The van der Waals surface area contributed by atoms with Crippen LogP contribution in [-0.4, -0.2) is 55.3 Å². The Hall–Kier alpha value is -3.64. The average molecular weight is 650 g/mol. The van der Waals surface area contributed by atoms with Gasteiger partial charge < -0.3 is 16.0 Å². The molecule has 240 valence electrons. The number of carbonyl (C=O) groups is 2. The molecule has 0 bridgehead atoms. The summed E-state index contributed by atoms with van der Waals surface area (Å²) < 4.78 is 26.2. The van der Waals surface area contributed by atoms with E-state index < -0.39 is 26.5 Å². The highest BCUT2D eigenvalue weighted by Gasteiger charge is 2.42. The summed E-state index contributed by atoms with van der Waals surface area (Å²) in [6.07, 6.45) is 10.1. The average Bonchev–Trinajstić information content (AvgIpc) is 3.05. The molecule has 45 heavy (non-hydrogen) atoms. The van der Waals surface area contributed by atoms with E-state index in [9.17, 15) is 18.0 Å². The fraction of sp³-hybridized carbons (Fsp3) is 0.389. The van der Waals surface area contributed by atoms with Crippen molar-refractivity contribution in [3.63, 3.8) is 0 Å². The second-order valence-corrected chi connectivity index (χ2v) is 14.7. The monoisotopic (exact) mass is 649 g/mol. The normalized spacial score (nSPS) is 15.0. The lowest BCUT2D eigenvalue weighted by Crippen LogP contribution is -2.54. The summed E-state index contributed by atoms with van der Waals surface area (Å²) in [5, 5.41) is 3.11. The lowest BCUT2D eigenvalue weighted by molar-refractivity contribution is -0.137. The zero-order valence-electron chi connectivity index (χ0n) is 26.1. The number of halogens is 1. The number of likely N-dealkylation sites (tertiary alicyclic amines) is 1. The van der Waals surface area contributed by atoms with E-state index in [2.05, 4.69) is 18.2 Å². The number of amides is 2. The van der Waals surface area contributed by atoms with Gasteiger partial charge in [0, 0.05) is 42.9 Å². The third-order valence-electron chi connectivity index (χ3n) is 8.56. The van der Waals surface area contributed by atoms with Crippen LogP contribution in [0.4, 0.5) is 0 Å². The molecule has 3 aromatic carbocycles. The predicted molar refractivity (Wildman–Crippen MR) is 182 cm³/mol. The van der Waals surface area contributed by atoms with E-state index in [1.54, 1.807) is 30.9 Å². The van der Waals surface area contributed by atoms with Gasteiger partial charge in [0.1, 0.15) is 6.04 Å². The Morgan fingerprint density at radius 3 is 2.09 bits per heavy atom. The summed E-state index contributed by atoms with van der Waals surface area (Å²) in [5.74, 6) is -0.337. The summed E-state index contributed by atoms with van der Waals surface area (Å²) >= 11 is 6.09. The number of hydrogen-bond acceptors (Lipinski definition) is 5. The molecule has 2 amide bonds. The number of piperidine rings is 1. The van der Waals surface area contributed by atoms with Gasteiger partial charge in [-0.1, -0.05) is 78.3 Å².